The SMILES string of the molecule is O=C(Nc1cc(-c2nnc3n2CCCCC3)ccc1F)c1cnn(-c2ccc([N+](=O)[O-])cc2)c1. The van der Waals surface area contributed by atoms with Crippen LogP contribution in [0.3, 0.4) is 0 Å². The van der Waals surface area contributed by atoms with Crippen LogP contribution in [-0.2, 0) is 13.0 Å². The predicted molar refractivity (Wildman–Crippen MR) is 121 cm³/mol. The van der Waals surface area contributed by atoms with E-state index in [1.807, 2.05) is 0 Å². The fourth-order valence-corrected chi connectivity index (χ4v) is 3.96. The summed E-state index contributed by atoms with van der Waals surface area (Å²) < 4.78 is 18.0. The van der Waals surface area contributed by atoms with Crippen LogP contribution in [0.15, 0.2) is 54.9 Å². The van der Waals surface area contributed by atoms with E-state index in [0.717, 1.165) is 38.1 Å². The van der Waals surface area contributed by atoms with Gasteiger partial charge in [0, 0.05) is 36.9 Å². The van der Waals surface area contributed by atoms with Gasteiger partial charge in [0.25, 0.3) is 11.6 Å². The molecule has 1 N–H and O–H groups in total. The van der Waals surface area contributed by atoms with Gasteiger partial charge in [-0.15, -0.1) is 10.2 Å². The molecule has 10 nitrogen and oxygen atoms in total. The molecule has 0 spiro atoms. The number of nitrogens with zero attached hydrogens (tertiary/aromatic N) is 6. The highest BCUT2D eigenvalue weighted by Gasteiger charge is 2.18. The minimum Gasteiger partial charge on any atom is -0.319 e. The van der Waals surface area contributed by atoms with E-state index in [9.17, 15) is 19.3 Å². The van der Waals surface area contributed by atoms with Crippen LogP contribution in [0.1, 0.15) is 35.4 Å². The van der Waals surface area contributed by atoms with E-state index in [0.29, 0.717) is 17.1 Å². The number of aryl methyl sites for hydroxylation is 1. The van der Waals surface area contributed by atoms with Crippen molar-refractivity contribution < 1.29 is 14.1 Å². The topological polar surface area (TPSA) is 121 Å². The molecule has 34 heavy (non-hydrogen) atoms. The maximum atomic E-state index is 14.5. The molecule has 0 saturated heterocycles. The van der Waals surface area contributed by atoms with Gasteiger partial charge in [-0.05, 0) is 43.2 Å². The highest BCUT2D eigenvalue weighted by Crippen LogP contribution is 2.27. The molecule has 0 bridgehead atoms. The van der Waals surface area contributed by atoms with Gasteiger partial charge in [-0.2, -0.15) is 5.10 Å². The summed E-state index contributed by atoms with van der Waals surface area (Å²) in [6.07, 6.45) is 6.89. The molecule has 11 heteroatoms. The van der Waals surface area contributed by atoms with Crippen molar-refractivity contribution in [2.24, 2.45) is 0 Å². The lowest BCUT2D eigenvalue weighted by molar-refractivity contribution is -0.384. The van der Waals surface area contributed by atoms with Crippen LogP contribution >= 0.6 is 0 Å². The number of fused-ring (bicyclic) bond motifs is 1. The van der Waals surface area contributed by atoms with Gasteiger partial charge in [0.05, 0.1) is 28.1 Å². The second-order valence-electron chi connectivity index (χ2n) is 8.00. The van der Waals surface area contributed by atoms with Crippen LogP contribution in [0.4, 0.5) is 15.8 Å². The van der Waals surface area contributed by atoms with Gasteiger partial charge in [-0.1, -0.05) is 6.42 Å². The van der Waals surface area contributed by atoms with E-state index < -0.39 is 16.6 Å². The number of carbonyl (C=O) groups excluding carboxylic acids is 1. The van der Waals surface area contributed by atoms with E-state index >= 15 is 0 Å². The van der Waals surface area contributed by atoms with Crippen LogP contribution in [0.2, 0.25) is 0 Å². The highest BCUT2D eigenvalue weighted by atomic mass is 19.1. The Bertz CT molecular complexity index is 1380. The zero-order valence-electron chi connectivity index (χ0n) is 18.0. The van der Waals surface area contributed by atoms with Gasteiger partial charge in [0.2, 0.25) is 0 Å². The number of aromatic nitrogens is 5. The fourth-order valence-electron chi connectivity index (χ4n) is 3.96. The second kappa shape index (κ2) is 8.85. The molecule has 0 saturated carbocycles. The minimum atomic E-state index is -0.574. The third-order valence-electron chi connectivity index (χ3n) is 5.75. The number of nitrogens with one attached hydrogen (secondary N) is 1. The van der Waals surface area contributed by atoms with Gasteiger partial charge in [-0.25, -0.2) is 9.07 Å². The zero-order chi connectivity index (χ0) is 23.7. The van der Waals surface area contributed by atoms with Gasteiger partial charge in [0.1, 0.15) is 11.6 Å². The first-order chi connectivity index (χ1) is 16.5. The number of non-ortho nitro benzene ring substituents is 1. The molecule has 0 unspecified atom stereocenters. The lowest BCUT2D eigenvalue weighted by atomic mass is 10.1. The molecule has 4 aromatic rings. The van der Waals surface area contributed by atoms with Crippen LogP contribution in [0.5, 0.6) is 0 Å². The minimum absolute atomic E-state index is 0.0246. The molecule has 3 heterocycles. The van der Waals surface area contributed by atoms with Crippen molar-refractivity contribution in [2.75, 3.05) is 5.32 Å². The lowest BCUT2D eigenvalue weighted by Gasteiger charge is -2.10. The number of rotatable bonds is 5. The highest BCUT2D eigenvalue weighted by molar-refractivity contribution is 6.04. The summed E-state index contributed by atoms with van der Waals surface area (Å²) in [5.74, 6) is 0.458. The molecule has 0 aliphatic carbocycles. The Morgan fingerprint density at radius 2 is 1.91 bits per heavy atom. The van der Waals surface area contributed by atoms with Gasteiger partial charge >= 0.3 is 0 Å². The zero-order valence-corrected chi connectivity index (χ0v) is 18.0. The number of nitro benzene ring substituents is 1. The summed E-state index contributed by atoms with van der Waals surface area (Å²) in [7, 11) is 0. The molecule has 1 amide bonds. The number of carbonyl (C=O) groups is 1. The number of nitro groups is 1. The number of hydrogen-bond acceptors (Lipinski definition) is 6. The number of halogens is 1. The second-order valence-corrected chi connectivity index (χ2v) is 8.00. The number of hydrogen-bond donors (Lipinski definition) is 1. The van der Waals surface area contributed by atoms with Crippen LogP contribution < -0.4 is 5.32 Å². The predicted octanol–water partition coefficient (Wildman–Crippen LogP) is 4.16. The van der Waals surface area contributed by atoms with E-state index in [1.165, 1.54) is 47.4 Å². The Morgan fingerprint density at radius 3 is 2.71 bits per heavy atom. The van der Waals surface area contributed by atoms with Crippen molar-refractivity contribution in [3.8, 4) is 17.1 Å². The number of benzene rings is 2. The van der Waals surface area contributed by atoms with Gasteiger partial charge < -0.3 is 9.88 Å². The first-order valence-corrected chi connectivity index (χ1v) is 10.8. The maximum Gasteiger partial charge on any atom is 0.269 e. The van der Waals surface area contributed by atoms with Crippen LogP contribution in [0.25, 0.3) is 17.1 Å². The summed E-state index contributed by atoms with van der Waals surface area (Å²) in [5.41, 5.74) is 1.40. The van der Waals surface area contributed by atoms with Crippen molar-refractivity contribution in [3.05, 3.63) is 82.2 Å². The first-order valence-electron chi connectivity index (χ1n) is 10.8. The maximum absolute atomic E-state index is 14.5. The smallest absolute Gasteiger partial charge is 0.269 e. The van der Waals surface area contributed by atoms with Crippen molar-refractivity contribution in [3.63, 3.8) is 0 Å². The van der Waals surface area contributed by atoms with E-state index in [2.05, 4.69) is 25.2 Å². The van der Waals surface area contributed by atoms with Crippen LogP contribution in [-0.4, -0.2) is 35.4 Å². The third-order valence-corrected chi connectivity index (χ3v) is 5.75. The van der Waals surface area contributed by atoms with Crippen molar-refractivity contribution in [2.45, 2.75) is 32.2 Å². The monoisotopic (exact) mass is 461 g/mol. The van der Waals surface area contributed by atoms with Crippen LogP contribution in [0, 0.1) is 15.9 Å². The third kappa shape index (κ3) is 4.15. The number of amides is 1. The molecule has 172 valence electrons. The average Bonchev–Trinajstić information content (AvgIpc) is 3.43. The molecule has 0 atom stereocenters. The normalized spacial score (nSPS) is 13.2. The summed E-state index contributed by atoms with van der Waals surface area (Å²) >= 11 is 0. The van der Waals surface area contributed by atoms with Gasteiger partial charge in [-0.3, -0.25) is 14.9 Å². The molecule has 1 aliphatic rings. The van der Waals surface area contributed by atoms with E-state index in [1.54, 1.807) is 12.1 Å². The Morgan fingerprint density at radius 1 is 1.09 bits per heavy atom. The summed E-state index contributed by atoms with van der Waals surface area (Å²) in [6.45, 7) is 0.804. The largest absolute Gasteiger partial charge is 0.319 e. The standard InChI is InChI=1S/C23H20FN7O3/c24-19-10-5-15(22-28-27-21-4-2-1-3-11-29(21)22)12-20(19)26-23(32)16-13-25-30(14-16)17-6-8-18(9-7-17)31(33)34/h5-10,12-14H,1-4,11H2,(H,26,32). The lowest BCUT2D eigenvalue weighted by Crippen LogP contribution is -2.12. The summed E-state index contributed by atoms with van der Waals surface area (Å²) in [5, 5.41) is 26.1. The molecule has 5 rings (SSSR count). The Labute approximate surface area is 193 Å². The number of anilines is 1. The molecular weight excluding hydrogens is 441 g/mol. The van der Waals surface area contributed by atoms with E-state index in [-0.39, 0.29) is 16.9 Å². The molecule has 0 radical (unpaired) electrons. The molecule has 0 fully saturated rings. The van der Waals surface area contributed by atoms with E-state index in [4.69, 9.17) is 0 Å². The first kappa shape index (κ1) is 21.4. The van der Waals surface area contributed by atoms with Gasteiger partial charge in [0.15, 0.2) is 5.82 Å². The summed E-state index contributed by atoms with van der Waals surface area (Å²) in [4.78, 5) is 23.1. The van der Waals surface area contributed by atoms with Crippen molar-refractivity contribution in [1.29, 1.82) is 0 Å². The fraction of sp³-hybridized carbons (Fsp3) is 0.217. The Hall–Kier alpha value is -4.41. The van der Waals surface area contributed by atoms with Crippen molar-refractivity contribution >= 4 is 17.3 Å². The quantitative estimate of drug-likeness (QED) is 0.352. The van der Waals surface area contributed by atoms with Crippen molar-refractivity contribution in [1.82, 2.24) is 24.5 Å². The molecule has 1 aliphatic heterocycles. The average molecular weight is 461 g/mol. The molecule has 2 aromatic heterocycles. The Kier molecular flexibility index (Phi) is 5.58. The molecule has 2 aromatic carbocycles. The molecular formula is C23H20FN7O3. The Balaban J connectivity index is 1.37. The summed E-state index contributed by atoms with van der Waals surface area (Å²) in [6, 6.07) is 10.2.